The Balaban J connectivity index is 2.15. The van der Waals surface area contributed by atoms with Crippen LogP contribution in [0.5, 0.6) is 0 Å². The number of carbonyl (C=O) groups excluding carboxylic acids is 1. The Labute approximate surface area is 123 Å². The maximum atomic E-state index is 12.1. The molecule has 0 atom stereocenters. The molecule has 1 aromatic carbocycles. The van der Waals surface area contributed by atoms with Crippen LogP contribution in [-0.2, 0) is 11.3 Å². The summed E-state index contributed by atoms with van der Waals surface area (Å²) in [6, 6.07) is 4.80. The second kappa shape index (κ2) is 7.03. The van der Waals surface area contributed by atoms with E-state index in [-0.39, 0.29) is 17.3 Å². The van der Waals surface area contributed by atoms with Crippen molar-refractivity contribution in [3.8, 4) is 0 Å². The highest BCUT2D eigenvalue weighted by molar-refractivity contribution is 5.76. The molecule has 2 rings (SSSR count). The van der Waals surface area contributed by atoms with Gasteiger partial charge >= 0.3 is 0 Å². The van der Waals surface area contributed by atoms with Crippen LogP contribution >= 0.6 is 0 Å². The Hall–Kier alpha value is -2.15. The second-order valence-corrected chi connectivity index (χ2v) is 5.23. The number of amides is 1. The molecule has 0 spiro atoms. The number of nitrogens with two attached hydrogens (primary N) is 1. The Bertz CT molecular complexity index is 533. The third-order valence-corrected chi connectivity index (χ3v) is 3.71. The molecule has 0 aliphatic carbocycles. The van der Waals surface area contributed by atoms with Crippen LogP contribution in [0.15, 0.2) is 18.2 Å². The molecule has 1 fully saturated rings. The van der Waals surface area contributed by atoms with Crippen LogP contribution in [0.25, 0.3) is 0 Å². The minimum atomic E-state index is -0.478. The molecule has 7 nitrogen and oxygen atoms in total. The number of rotatable bonds is 4. The predicted octanol–water partition coefficient (Wildman–Crippen LogP) is 2.17. The van der Waals surface area contributed by atoms with Gasteiger partial charge < -0.3 is 10.3 Å². The fourth-order valence-electron chi connectivity index (χ4n) is 2.55. The lowest BCUT2D eigenvalue weighted by Crippen LogP contribution is -2.32. The van der Waals surface area contributed by atoms with E-state index < -0.39 is 4.92 Å². The van der Waals surface area contributed by atoms with Crippen LogP contribution in [0.2, 0.25) is 0 Å². The first-order valence-electron chi connectivity index (χ1n) is 7.13. The Morgan fingerprint density at radius 2 is 2.05 bits per heavy atom. The van der Waals surface area contributed by atoms with E-state index in [2.05, 4.69) is 5.43 Å². The number of nitrogens with zero attached hydrogens (tertiary/aromatic N) is 2. The van der Waals surface area contributed by atoms with Crippen molar-refractivity contribution in [3.05, 3.63) is 33.9 Å². The highest BCUT2D eigenvalue weighted by Crippen LogP contribution is 2.25. The third-order valence-electron chi connectivity index (χ3n) is 3.71. The lowest BCUT2D eigenvalue weighted by atomic mass is 10.1. The van der Waals surface area contributed by atoms with E-state index in [1.807, 2.05) is 0 Å². The molecule has 0 bridgehead atoms. The molecule has 7 heteroatoms. The van der Waals surface area contributed by atoms with Crippen LogP contribution in [0.3, 0.4) is 0 Å². The van der Waals surface area contributed by atoms with Gasteiger partial charge in [0.05, 0.1) is 4.92 Å². The molecule has 3 N–H and O–H groups in total. The fourth-order valence-corrected chi connectivity index (χ4v) is 2.55. The van der Waals surface area contributed by atoms with Gasteiger partial charge in [-0.05, 0) is 24.5 Å². The number of hydrazine groups is 1. The predicted molar refractivity (Wildman–Crippen MR) is 79.4 cm³/mol. The molecule has 114 valence electrons. The maximum Gasteiger partial charge on any atom is 0.293 e. The topological polar surface area (TPSA) is 102 Å². The zero-order valence-corrected chi connectivity index (χ0v) is 11.9. The molecule has 0 aromatic heterocycles. The first-order chi connectivity index (χ1) is 10.1. The summed E-state index contributed by atoms with van der Waals surface area (Å²) in [5.41, 5.74) is 3.25. The van der Waals surface area contributed by atoms with E-state index in [1.54, 1.807) is 17.0 Å². The normalized spacial score (nSPS) is 16.2. The van der Waals surface area contributed by atoms with Crippen molar-refractivity contribution in [2.75, 3.05) is 12.0 Å². The molecule has 0 unspecified atom stereocenters. The van der Waals surface area contributed by atoms with Gasteiger partial charge in [-0.2, -0.15) is 0 Å². The number of nitro groups is 1. The Morgan fingerprint density at radius 3 is 2.76 bits per heavy atom. The molecule has 1 heterocycles. The van der Waals surface area contributed by atoms with Crippen LogP contribution in [0.4, 0.5) is 11.4 Å². The molecular weight excluding hydrogens is 272 g/mol. The van der Waals surface area contributed by atoms with E-state index in [1.165, 1.54) is 6.07 Å². The molecular formula is C14H20N4O3. The van der Waals surface area contributed by atoms with Gasteiger partial charge in [0.15, 0.2) is 0 Å². The van der Waals surface area contributed by atoms with Gasteiger partial charge in [-0.15, -0.1) is 0 Å². The van der Waals surface area contributed by atoms with Crippen LogP contribution < -0.4 is 11.3 Å². The molecule has 1 aromatic rings. The van der Waals surface area contributed by atoms with Crippen molar-refractivity contribution in [2.24, 2.45) is 5.84 Å². The van der Waals surface area contributed by atoms with Gasteiger partial charge in [-0.3, -0.25) is 20.8 Å². The highest BCUT2D eigenvalue weighted by atomic mass is 16.6. The average molecular weight is 292 g/mol. The summed E-state index contributed by atoms with van der Waals surface area (Å²) in [6.45, 7) is 1.12. The van der Waals surface area contributed by atoms with Gasteiger partial charge in [0.25, 0.3) is 5.69 Å². The van der Waals surface area contributed by atoms with Gasteiger partial charge in [0.1, 0.15) is 5.69 Å². The van der Waals surface area contributed by atoms with Gasteiger partial charge in [-0.1, -0.05) is 18.9 Å². The first kappa shape index (κ1) is 15.2. The van der Waals surface area contributed by atoms with E-state index in [0.717, 1.165) is 31.2 Å². The zero-order valence-electron chi connectivity index (χ0n) is 11.9. The summed E-state index contributed by atoms with van der Waals surface area (Å²) in [7, 11) is 0. The second-order valence-electron chi connectivity index (χ2n) is 5.23. The molecule has 1 aliphatic heterocycles. The van der Waals surface area contributed by atoms with Crippen LogP contribution in [-0.4, -0.2) is 22.3 Å². The van der Waals surface area contributed by atoms with E-state index >= 15 is 0 Å². The summed E-state index contributed by atoms with van der Waals surface area (Å²) in [4.78, 5) is 24.4. The lowest BCUT2D eigenvalue weighted by Gasteiger charge is -2.25. The molecule has 21 heavy (non-hydrogen) atoms. The number of nitrogen functional groups attached to an aromatic ring is 1. The number of nitrogens with one attached hydrogen (secondary N) is 1. The summed E-state index contributed by atoms with van der Waals surface area (Å²) in [5, 5.41) is 11.0. The minimum absolute atomic E-state index is 0.0745. The van der Waals surface area contributed by atoms with Crippen molar-refractivity contribution in [3.63, 3.8) is 0 Å². The number of hydrogen-bond acceptors (Lipinski definition) is 5. The van der Waals surface area contributed by atoms with Crippen LogP contribution in [0.1, 0.15) is 37.7 Å². The van der Waals surface area contributed by atoms with Crippen LogP contribution in [0, 0.1) is 10.1 Å². The Kier molecular flexibility index (Phi) is 5.10. The number of likely N-dealkylation sites (tertiary alicyclic amines) is 1. The van der Waals surface area contributed by atoms with Crippen molar-refractivity contribution in [2.45, 2.75) is 38.6 Å². The van der Waals surface area contributed by atoms with E-state index in [0.29, 0.717) is 19.5 Å². The smallest absolute Gasteiger partial charge is 0.293 e. The maximum absolute atomic E-state index is 12.1. The monoisotopic (exact) mass is 292 g/mol. The number of carbonyl (C=O) groups is 1. The number of anilines is 1. The summed E-state index contributed by atoms with van der Waals surface area (Å²) < 4.78 is 0. The minimum Gasteiger partial charge on any atom is -0.338 e. The summed E-state index contributed by atoms with van der Waals surface area (Å²) >= 11 is 0. The summed E-state index contributed by atoms with van der Waals surface area (Å²) in [5.74, 6) is 5.39. The van der Waals surface area contributed by atoms with Crippen molar-refractivity contribution in [1.29, 1.82) is 0 Å². The molecule has 0 saturated carbocycles. The van der Waals surface area contributed by atoms with E-state index in [9.17, 15) is 14.9 Å². The lowest BCUT2D eigenvalue weighted by molar-refractivity contribution is -0.384. The standard InChI is InChI=1S/C14H20N4O3/c15-16-12-7-6-11(9-13(12)18(20)21)10-17-8-4-2-1-3-5-14(17)19/h6-7,9,16H,1-5,8,10,15H2. The first-order valence-corrected chi connectivity index (χ1v) is 7.13. The molecule has 1 saturated heterocycles. The number of hydrogen-bond donors (Lipinski definition) is 2. The fraction of sp³-hybridized carbons (Fsp3) is 0.500. The average Bonchev–Trinajstić information content (AvgIpc) is 2.46. The summed E-state index contributed by atoms with van der Waals surface area (Å²) in [6.07, 6.45) is 4.69. The highest BCUT2D eigenvalue weighted by Gasteiger charge is 2.18. The SMILES string of the molecule is NNc1ccc(CN2CCCCCCC2=O)cc1[N+](=O)[O-]. The van der Waals surface area contributed by atoms with Crippen molar-refractivity contribution >= 4 is 17.3 Å². The van der Waals surface area contributed by atoms with Gasteiger partial charge in [-0.25, -0.2) is 0 Å². The van der Waals surface area contributed by atoms with Gasteiger partial charge in [0, 0.05) is 25.6 Å². The van der Waals surface area contributed by atoms with Crippen molar-refractivity contribution < 1.29 is 9.72 Å². The third kappa shape index (κ3) is 3.91. The molecule has 0 radical (unpaired) electrons. The van der Waals surface area contributed by atoms with Crippen molar-refractivity contribution in [1.82, 2.24) is 4.90 Å². The van der Waals surface area contributed by atoms with E-state index in [4.69, 9.17) is 5.84 Å². The quantitative estimate of drug-likeness (QED) is 0.503. The molecule has 1 amide bonds. The largest absolute Gasteiger partial charge is 0.338 e. The zero-order chi connectivity index (χ0) is 15.2. The van der Waals surface area contributed by atoms with Gasteiger partial charge in [0.2, 0.25) is 5.91 Å². The number of nitro benzene ring substituents is 1. The Morgan fingerprint density at radius 1 is 1.29 bits per heavy atom. The number of benzene rings is 1. The molecule has 1 aliphatic rings.